The number of rotatable bonds is 20. The summed E-state index contributed by atoms with van der Waals surface area (Å²) >= 11 is 0. The van der Waals surface area contributed by atoms with E-state index in [0.717, 1.165) is 24.8 Å². The van der Waals surface area contributed by atoms with Gasteiger partial charge in [0.05, 0.1) is 6.61 Å². The van der Waals surface area contributed by atoms with Crippen LogP contribution in [0.3, 0.4) is 0 Å². The number of hydrogen-bond donors (Lipinski definition) is 1. The van der Waals surface area contributed by atoms with Crippen LogP contribution in [0.2, 0.25) is 0 Å². The van der Waals surface area contributed by atoms with Gasteiger partial charge in [0.1, 0.15) is 12.6 Å². The van der Waals surface area contributed by atoms with Crippen LogP contribution in [0.25, 0.3) is 0 Å². The van der Waals surface area contributed by atoms with Gasteiger partial charge >= 0.3 is 12.1 Å². The van der Waals surface area contributed by atoms with E-state index in [9.17, 15) is 9.59 Å². The lowest BCUT2D eigenvalue weighted by Gasteiger charge is -2.17. The molecule has 1 N–H and O–H groups in total. The van der Waals surface area contributed by atoms with Gasteiger partial charge in [-0.05, 0) is 18.4 Å². The monoisotopic (exact) mass is 461 g/mol. The van der Waals surface area contributed by atoms with Crippen LogP contribution in [0.15, 0.2) is 30.3 Å². The van der Waals surface area contributed by atoms with Gasteiger partial charge < -0.3 is 14.8 Å². The summed E-state index contributed by atoms with van der Waals surface area (Å²) in [6.07, 6.45) is 17.4. The number of alkyl carbamates (subject to hydrolysis) is 1. The summed E-state index contributed by atoms with van der Waals surface area (Å²) in [4.78, 5) is 24.4. The maximum atomic E-state index is 12.4. The normalized spacial score (nSPS) is 11.7. The maximum absolute atomic E-state index is 12.4. The minimum Gasteiger partial charge on any atom is -0.464 e. The molecule has 0 aliphatic carbocycles. The van der Waals surface area contributed by atoms with Gasteiger partial charge in [0, 0.05) is 0 Å². The van der Waals surface area contributed by atoms with Crippen LogP contribution in [0.5, 0.6) is 0 Å². The Kier molecular flexibility index (Phi) is 18.1. The number of ether oxygens (including phenoxy) is 2. The Morgan fingerprint density at radius 3 is 1.82 bits per heavy atom. The molecule has 1 atom stereocenters. The predicted octanol–water partition coefficient (Wildman–Crippen LogP) is 7.72. The molecule has 5 heteroatoms. The summed E-state index contributed by atoms with van der Waals surface area (Å²) in [5.41, 5.74) is 0.907. The van der Waals surface area contributed by atoms with Crippen molar-refractivity contribution >= 4 is 12.1 Å². The Morgan fingerprint density at radius 2 is 1.27 bits per heavy atom. The zero-order chi connectivity index (χ0) is 24.0. The van der Waals surface area contributed by atoms with E-state index in [2.05, 4.69) is 12.2 Å². The molecule has 0 spiro atoms. The Balaban J connectivity index is 2.04. The van der Waals surface area contributed by atoms with Crippen molar-refractivity contribution in [1.82, 2.24) is 5.32 Å². The van der Waals surface area contributed by atoms with E-state index in [0.29, 0.717) is 13.0 Å². The lowest BCUT2D eigenvalue weighted by Crippen LogP contribution is -2.42. The molecule has 1 amide bonds. The van der Waals surface area contributed by atoms with Crippen molar-refractivity contribution < 1.29 is 19.1 Å². The van der Waals surface area contributed by atoms with E-state index in [-0.39, 0.29) is 12.6 Å². The lowest BCUT2D eigenvalue weighted by atomic mass is 10.0. The van der Waals surface area contributed by atoms with Crippen molar-refractivity contribution in [2.75, 3.05) is 6.61 Å². The van der Waals surface area contributed by atoms with Crippen LogP contribution in [-0.2, 0) is 20.9 Å². The molecule has 0 aromatic heterocycles. The zero-order valence-corrected chi connectivity index (χ0v) is 21.1. The third kappa shape index (κ3) is 16.3. The molecule has 0 heterocycles. The molecule has 33 heavy (non-hydrogen) atoms. The van der Waals surface area contributed by atoms with Crippen LogP contribution in [0, 0.1) is 0 Å². The van der Waals surface area contributed by atoms with Crippen molar-refractivity contribution in [3.8, 4) is 0 Å². The number of hydrogen-bond acceptors (Lipinski definition) is 4. The molecule has 1 aromatic carbocycles. The zero-order valence-electron chi connectivity index (χ0n) is 21.1. The highest BCUT2D eigenvalue weighted by Crippen LogP contribution is 2.12. The van der Waals surface area contributed by atoms with Crippen molar-refractivity contribution in [2.24, 2.45) is 0 Å². The molecule has 0 aliphatic rings. The highest BCUT2D eigenvalue weighted by Gasteiger charge is 2.22. The van der Waals surface area contributed by atoms with E-state index < -0.39 is 12.1 Å². The molecule has 1 rings (SSSR count). The summed E-state index contributed by atoms with van der Waals surface area (Å²) in [7, 11) is 0. The second-order valence-corrected chi connectivity index (χ2v) is 8.96. The fourth-order valence-electron chi connectivity index (χ4n) is 3.84. The number of amides is 1. The van der Waals surface area contributed by atoms with E-state index in [1.807, 2.05) is 37.3 Å². The van der Waals surface area contributed by atoms with Crippen molar-refractivity contribution in [3.63, 3.8) is 0 Å². The van der Waals surface area contributed by atoms with Gasteiger partial charge in [-0.3, -0.25) is 0 Å². The topological polar surface area (TPSA) is 64.6 Å². The van der Waals surface area contributed by atoms with Crippen LogP contribution in [-0.4, -0.2) is 24.7 Å². The third-order valence-electron chi connectivity index (χ3n) is 5.86. The summed E-state index contributed by atoms with van der Waals surface area (Å²) in [6.45, 7) is 4.83. The first-order valence-electron chi connectivity index (χ1n) is 13.3. The highest BCUT2D eigenvalue weighted by atomic mass is 16.6. The van der Waals surface area contributed by atoms with E-state index >= 15 is 0 Å². The van der Waals surface area contributed by atoms with Crippen LogP contribution in [0.4, 0.5) is 4.79 Å². The van der Waals surface area contributed by atoms with Gasteiger partial charge in [-0.1, -0.05) is 128 Å². The average Bonchev–Trinajstić information content (AvgIpc) is 2.83. The van der Waals surface area contributed by atoms with Crippen LogP contribution >= 0.6 is 0 Å². The number of nitrogens with one attached hydrogen (secondary N) is 1. The Bertz CT molecular complexity index is 605. The number of esters is 1. The molecule has 1 aromatic rings. The number of unbranched alkanes of at least 4 members (excludes halogenated alkanes) is 12. The van der Waals surface area contributed by atoms with E-state index in [1.54, 1.807) is 0 Å². The maximum Gasteiger partial charge on any atom is 0.408 e. The van der Waals surface area contributed by atoms with Crippen molar-refractivity contribution in [3.05, 3.63) is 35.9 Å². The SMILES string of the molecule is CCCCCCCCCCCCCCCOC(=O)C(CCC)NC(=O)OCc1ccccc1. The molecular formula is C28H47NO4. The molecule has 0 bridgehead atoms. The van der Waals surface area contributed by atoms with E-state index in [4.69, 9.17) is 9.47 Å². The van der Waals surface area contributed by atoms with Crippen LogP contribution in [0.1, 0.15) is 116 Å². The fourth-order valence-corrected chi connectivity index (χ4v) is 3.84. The minimum atomic E-state index is -0.653. The van der Waals surface area contributed by atoms with Crippen molar-refractivity contribution in [1.29, 1.82) is 0 Å². The number of carbonyl (C=O) groups excluding carboxylic acids is 2. The number of benzene rings is 1. The van der Waals surface area contributed by atoms with Gasteiger partial charge in [-0.2, -0.15) is 0 Å². The molecule has 188 valence electrons. The fraction of sp³-hybridized carbons (Fsp3) is 0.714. The standard InChI is InChI=1S/C28H47NO4/c1-3-5-6-7-8-9-10-11-12-13-14-15-19-23-32-27(30)26(20-4-2)29-28(31)33-24-25-21-17-16-18-22-25/h16-18,21-22,26H,3-15,19-20,23-24H2,1-2H3,(H,29,31). The molecule has 0 fully saturated rings. The Hall–Kier alpha value is -2.04. The highest BCUT2D eigenvalue weighted by molar-refractivity contribution is 5.81. The van der Waals surface area contributed by atoms with Gasteiger partial charge in [0.15, 0.2) is 0 Å². The molecule has 1 unspecified atom stereocenters. The first-order chi connectivity index (χ1) is 16.2. The Morgan fingerprint density at radius 1 is 0.727 bits per heavy atom. The largest absolute Gasteiger partial charge is 0.464 e. The quantitative estimate of drug-likeness (QED) is 0.159. The van der Waals surface area contributed by atoms with E-state index in [1.165, 1.54) is 70.6 Å². The first-order valence-corrected chi connectivity index (χ1v) is 13.3. The van der Waals surface area contributed by atoms with Crippen molar-refractivity contribution in [2.45, 2.75) is 123 Å². The molecule has 0 radical (unpaired) electrons. The predicted molar refractivity (Wildman–Crippen MR) is 135 cm³/mol. The summed E-state index contributed by atoms with van der Waals surface area (Å²) in [5.74, 6) is -0.368. The van der Waals surface area contributed by atoms with Gasteiger partial charge in [-0.15, -0.1) is 0 Å². The third-order valence-corrected chi connectivity index (χ3v) is 5.86. The lowest BCUT2D eigenvalue weighted by molar-refractivity contribution is -0.146. The molecule has 0 saturated carbocycles. The summed E-state index contributed by atoms with van der Waals surface area (Å²) in [6, 6.07) is 8.82. The summed E-state index contributed by atoms with van der Waals surface area (Å²) in [5, 5.41) is 2.65. The second-order valence-electron chi connectivity index (χ2n) is 8.96. The van der Waals surface area contributed by atoms with Gasteiger partial charge in [-0.25, -0.2) is 9.59 Å². The molecule has 5 nitrogen and oxygen atoms in total. The first kappa shape index (κ1) is 29.0. The van der Waals surface area contributed by atoms with Gasteiger partial charge in [0.25, 0.3) is 0 Å². The molecular weight excluding hydrogens is 414 g/mol. The van der Waals surface area contributed by atoms with Gasteiger partial charge in [0.2, 0.25) is 0 Å². The molecule has 0 aliphatic heterocycles. The molecule has 0 saturated heterocycles. The minimum absolute atomic E-state index is 0.180. The second kappa shape index (κ2) is 20.6. The van der Waals surface area contributed by atoms with Crippen LogP contribution < -0.4 is 5.32 Å². The smallest absolute Gasteiger partial charge is 0.408 e. The Labute approximate surface area is 202 Å². The average molecular weight is 462 g/mol. The number of carbonyl (C=O) groups is 2. The summed E-state index contributed by atoms with van der Waals surface area (Å²) < 4.78 is 10.6.